The molecular weight excluding hydrogens is 407 g/mol. The first kappa shape index (κ1) is 21.4. The van der Waals surface area contributed by atoms with Crippen molar-refractivity contribution >= 4 is 36.9 Å². The molecule has 1 saturated carbocycles. The predicted molar refractivity (Wildman–Crippen MR) is 135 cm³/mol. The Morgan fingerprint density at radius 3 is 2.00 bits per heavy atom. The first-order chi connectivity index (χ1) is 14.8. The Bertz CT molecular complexity index is 735. The van der Waals surface area contributed by atoms with E-state index < -0.39 is 8.22 Å². The molecule has 2 aliphatic rings. The molecule has 0 radical (unpaired) electrons. The van der Waals surface area contributed by atoms with Gasteiger partial charge in [-0.1, -0.05) is 55.7 Å². The summed E-state index contributed by atoms with van der Waals surface area (Å²) in [5.74, 6) is 0. The van der Waals surface area contributed by atoms with E-state index in [2.05, 4.69) is 80.6 Å². The summed E-state index contributed by atoms with van der Waals surface area (Å²) in [6.07, 6.45) is 8.82. The van der Waals surface area contributed by atoms with Crippen molar-refractivity contribution < 1.29 is 0 Å². The second-order valence-corrected chi connectivity index (χ2v) is 10.7. The van der Waals surface area contributed by atoms with Crippen LogP contribution in [0, 0.1) is 0 Å². The third-order valence-corrected chi connectivity index (χ3v) is 8.91. The van der Waals surface area contributed by atoms with Crippen LogP contribution in [-0.2, 0) is 0 Å². The van der Waals surface area contributed by atoms with Crippen LogP contribution in [0.2, 0.25) is 0 Å². The monoisotopic (exact) mass is 440 g/mol. The predicted octanol–water partition coefficient (Wildman–Crippen LogP) is 5.51. The van der Waals surface area contributed by atoms with E-state index in [0.29, 0.717) is 6.04 Å². The number of nitrogens with one attached hydrogen (secondary N) is 2. The summed E-state index contributed by atoms with van der Waals surface area (Å²) in [4.78, 5) is 0. The van der Waals surface area contributed by atoms with Crippen LogP contribution in [0.25, 0.3) is 0 Å². The second-order valence-electron chi connectivity index (χ2n) is 8.10. The number of hydrogen-bond donors (Lipinski definition) is 2. The number of nitrogens with zero attached hydrogens (tertiary/aromatic N) is 2. The molecule has 2 N–H and O–H groups in total. The molecule has 1 aliphatic carbocycles. The van der Waals surface area contributed by atoms with Crippen molar-refractivity contribution in [3.63, 3.8) is 0 Å². The molecule has 0 unspecified atom stereocenters. The van der Waals surface area contributed by atoms with E-state index in [1.54, 1.807) is 0 Å². The topological polar surface area (TPSA) is 30.5 Å². The van der Waals surface area contributed by atoms with Gasteiger partial charge in [0.05, 0.1) is 8.22 Å². The zero-order valence-corrected chi connectivity index (χ0v) is 19.4. The first-order valence-corrected chi connectivity index (χ1v) is 13.1. The highest BCUT2D eigenvalue weighted by molar-refractivity contribution is 7.80. The maximum atomic E-state index is 5.54. The fourth-order valence-electron chi connectivity index (χ4n) is 4.42. The highest BCUT2D eigenvalue weighted by atomic mass is 32.1. The fraction of sp³-hybridized carbons (Fsp3) is 0.458. The molecule has 30 heavy (non-hydrogen) atoms. The van der Waals surface area contributed by atoms with Crippen LogP contribution in [0.5, 0.6) is 0 Å². The van der Waals surface area contributed by atoms with Crippen molar-refractivity contribution in [2.45, 2.75) is 44.6 Å². The van der Waals surface area contributed by atoms with E-state index in [4.69, 9.17) is 12.2 Å². The molecule has 0 spiro atoms. The molecule has 160 valence electrons. The molecule has 0 atom stereocenters. The molecule has 1 heterocycles. The maximum absolute atomic E-state index is 5.54. The normalized spacial score (nSPS) is 17.9. The second kappa shape index (κ2) is 11.0. The number of para-hydroxylation sites is 2. The van der Waals surface area contributed by atoms with Gasteiger partial charge in [0.2, 0.25) is 0 Å². The van der Waals surface area contributed by atoms with Gasteiger partial charge >= 0.3 is 0 Å². The van der Waals surface area contributed by atoms with Crippen molar-refractivity contribution in [3.8, 4) is 0 Å². The molecule has 4 nitrogen and oxygen atoms in total. The Hall–Kier alpha value is -1.84. The van der Waals surface area contributed by atoms with Gasteiger partial charge in [0.1, 0.15) is 0 Å². The van der Waals surface area contributed by atoms with Gasteiger partial charge in [0, 0.05) is 43.2 Å². The smallest absolute Gasteiger partial charge is 0.166 e. The third kappa shape index (κ3) is 5.65. The number of rotatable bonds is 7. The quantitative estimate of drug-likeness (QED) is 0.337. The Morgan fingerprint density at radius 2 is 1.43 bits per heavy atom. The minimum Gasteiger partial charge on any atom is -0.363 e. The summed E-state index contributed by atoms with van der Waals surface area (Å²) in [6, 6.07) is 22.3. The van der Waals surface area contributed by atoms with Crippen molar-refractivity contribution in [2.24, 2.45) is 0 Å². The van der Waals surface area contributed by atoms with Crippen molar-refractivity contribution in [1.29, 1.82) is 0 Å². The molecule has 2 aromatic rings. The van der Waals surface area contributed by atoms with Gasteiger partial charge in [-0.05, 0) is 55.7 Å². The molecular formula is C24H33N4PS. The van der Waals surface area contributed by atoms with Crippen LogP contribution >= 0.6 is 20.4 Å². The molecule has 2 fully saturated rings. The molecule has 0 amide bonds. The average molecular weight is 441 g/mol. The van der Waals surface area contributed by atoms with Gasteiger partial charge in [-0.2, -0.15) is 0 Å². The third-order valence-electron chi connectivity index (χ3n) is 5.95. The number of thiocarbonyl (C=S) groups is 1. The largest absolute Gasteiger partial charge is 0.363 e. The zero-order valence-electron chi connectivity index (χ0n) is 17.7. The highest BCUT2D eigenvalue weighted by Gasteiger charge is 2.32. The van der Waals surface area contributed by atoms with Crippen LogP contribution in [0.15, 0.2) is 60.7 Å². The summed E-state index contributed by atoms with van der Waals surface area (Å²) in [5, 5.41) is 7.81. The first-order valence-electron chi connectivity index (χ1n) is 11.3. The lowest BCUT2D eigenvalue weighted by atomic mass is 9.96. The molecule has 2 aromatic carbocycles. The minimum absolute atomic E-state index is 0.409. The minimum atomic E-state index is -0.409. The van der Waals surface area contributed by atoms with Crippen molar-refractivity contribution in [2.75, 3.05) is 35.1 Å². The van der Waals surface area contributed by atoms with E-state index in [1.165, 1.54) is 43.5 Å². The van der Waals surface area contributed by atoms with Gasteiger partial charge in [-0.25, -0.2) is 0 Å². The van der Waals surface area contributed by atoms with Crippen LogP contribution in [0.4, 0.5) is 11.4 Å². The van der Waals surface area contributed by atoms with Gasteiger partial charge < -0.3 is 20.0 Å². The molecule has 4 rings (SSSR count). The summed E-state index contributed by atoms with van der Waals surface area (Å²) in [6.45, 7) is 3.10. The maximum Gasteiger partial charge on any atom is 0.166 e. The average Bonchev–Trinajstić information content (AvgIpc) is 3.22. The highest BCUT2D eigenvalue weighted by Crippen LogP contribution is 2.53. The van der Waals surface area contributed by atoms with E-state index >= 15 is 0 Å². The Morgan fingerprint density at radius 1 is 0.867 bits per heavy atom. The number of anilines is 2. The van der Waals surface area contributed by atoms with Crippen LogP contribution < -0.4 is 20.0 Å². The fourth-order valence-corrected chi connectivity index (χ4v) is 7.32. The standard InChI is InChI=1S/C24H33N4PS/c30-24(26-21-11-4-1-5-12-21)25-17-10-20-29-27(22-13-6-2-7-14-22)18-19-28(29)23-15-8-3-9-16-23/h2-3,6-9,13-16,21H,1,4-5,10-12,17-20H2,(H2,25,26,30). The summed E-state index contributed by atoms with van der Waals surface area (Å²) >= 11 is 5.54. The SMILES string of the molecule is S=C(NCCCP1N(c2ccccc2)CCN1c1ccccc1)NC1CCCCC1. The molecule has 6 heteroatoms. The molecule has 1 saturated heterocycles. The summed E-state index contributed by atoms with van der Waals surface area (Å²) in [7, 11) is -0.409. The van der Waals surface area contributed by atoms with E-state index in [0.717, 1.165) is 37.3 Å². The van der Waals surface area contributed by atoms with Gasteiger partial charge in [0.25, 0.3) is 0 Å². The summed E-state index contributed by atoms with van der Waals surface area (Å²) < 4.78 is 5.22. The molecule has 1 aliphatic heterocycles. The van der Waals surface area contributed by atoms with Crippen molar-refractivity contribution in [3.05, 3.63) is 60.7 Å². The number of benzene rings is 2. The lowest BCUT2D eigenvalue weighted by Crippen LogP contribution is -2.43. The lowest BCUT2D eigenvalue weighted by Gasteiger charge is -2.32. The zero-order chi connectivity index (χ0) is 20.6. The lowest BCUT2D eigenvalue weighted by molar-refractivity contribution is 0.412. The van der Waals surface area contributed by atoms with E-state index in [-0.39, 0.29) is 0 Å². The molecule has 0 aromatic heterocycles. The van der Waals surface area contributed by atoms with Crippen molar-refractivity contribution in [1.82, 2.24) is 10.6 Å². The Labute approximate surface area is 187 Å². The van der Waals surface area contributed by atoms with Crippen LogP contribution in [0.1, 0.15) is 38.5 Å². The Kier molecular flexibility index (Phi) is 7.82. The Balaban J connectivity index is 1.33. The summed E-state index contributed by atoms with van der Waals surface area (Å²) in [5.41, 5.74) is 2.67. The van der Waals surface area contributed by atoms with E-state index in [9.17, 15) is 0 Å². The molecule has 0 bridgehead atoms. The van der Waals surface area contributed by atoms with Crippen LogP contribution in [0.3, 0.4) is 0 Å². The van der Waals surface area contributed by atoms with Gasteiger partial charge in [-0.15, -0.1) is 0 Å². The number of hydrogen-bond acceptors (Lipinski definition) is 3. The van der Waals surface area contributed by atoms with Gasteiger partial charge in [-0.3, -0.25) is 0 Å². The van der Waals surface area contributed by atoms with E-state index in [1.807, 2.05) is 0 Å². The van der Waals surface area contributed by atoms with Gasteiger partial charge in [0.15, 0.2) is 5.11 Å². The van der Waals surface area contributed by atoms with Crippen LogP contribution in [-0.4, -0.2) is 37.0 Å².